The average molecular weight is 435 g/mol. The lowest BCUT2D eigenvalue weighted by atomic mass is 10.1. The summed E-state index contributed by atoms with van der Waals surface area (Å²) in [6, 6.07) is 15.6. The Hall–Kier alpha value is -3.71. The number of aromatic nitrogens is 1. The van der Waals surface area contributed by atoms with E-state index in [9.17, 15) is 9.18 Å². The molecule has 1 atom stereocenters. The van der Waals surface area contributed by atoms with Crippen LogP contribution in [0.15, 0.2) is 73.1 Å². The van der Waals surface area contributed by atoms with Gasteiger partial charge in [-0.2, -0.15) is 0 Å². The van der Waals surface area contributed by atoms with Gasteiger partial charge in [-0.3, -0.25) is 9.78 Å². The van der Waals surface area contributed by atoms with Gasteiger partial charge in [-0.15, -0.1) is 0 Å². The van der Waals surface area contributed by atoms with Crippen LogP contribution in [-0.4, -0.2) is 43.5 Å². The number of nitrogens with one attached hydrogen (secondary N) is 1. The van der Waals surface area contributed by atoms with E-state index in [1.54, 1.807) is 37.6 Å². The van der Waals surface area contributed by atoms with Crippen LogP contribution in [-0.2, 0) is 4.79 Å². The lowest BCUT2D eigenvalue weighted by Gasteiger charge is -2.25. The maximum absolute atomic E-state index is 14.4. The van der Waals surface area contributed by atoms with Crippen molar-refractivity contribution in [3.05, 3.63) is 90.0 Å². The fourth-order valence-electron chi connectivity index (χ4n) is 3.09. The molecule has 3 rings (SSSR count). The molecule has 0 aliphatic heterocycles. The number of carbonyl (C=O) groups is 1. The fourth-order valence-corrected chi connectivity index (χ4v) is 3.09. The number of halogens is 1. The molecule has 0 fully saturated rings. The van der Waals surface area contributed by atoms with Crippen molar-refractivity contribution in [2.45, 2.75) is 6.04 Å². The average Bonchev–Trinajstić information content (AvgIpc) is 2.80. The van der Waals surface area contributed by atoms with E-state index in [2.05, 4.69) is 10.3 Å². The summed E-state index contributed by atoms with van der Waals surface area (Å²) in [5, 5.41) is 2.90. The minimum Gasteiger partial charge on any atom is -0.497 e. The third kappa shape index (κ3) is 6.39. The van der Waals surface area contributed by atoms with Gasteiger partial charge in [0.15, 0.2) is 11.6 Å². The Balaban J connectivity index is 1.58. The van der Waals surface area contributed by atoms with Gasteiger partial charge in [-0.05, 0) is 67.7 Å². The van der Waals surface area contributed by atoms with E-state index in [1.165, 1.54) is 24.4 Å². The number of amides is 1. The molecule has 0 aliphatic rings. The van der Waals surface area contributed by atoms with Gasteiger partial charge in [-0.25, -0.2) is 4.39 Å². The highest BCUT2D eigenvalue weighted by Crippen LogP contribution is 2.25. The topological polar surface area (TPSA) is 63.7 Å². The van der Waals surface area contributed by atoms with Gasteiger partial charge >= 0.3 is 0 Å². The summed E-state index contributed by atoms with van der Waals surface area (Å²) in [6.07, 6.45) is 6.06. The van der Waals surface area contributed by atoms with Crippen molar-refractivity contribution in [3.63, 3.8) is 0 Å². The van der Waals surface area contributed by atoms with Crippen molar-refractivity contribution >= 4 is 12.0 Å². The molecule has 1 N–H and O–H groups in total. The third-order valence-electron chi connectivity index (χ3n) is 4.84. The van der Waals surface area contributed by atoms with Crippen LogP contribution < -0.4 is 14.8 Å². The number of methoxy groups -OCH3 is 1. The number of pyridine rings is 1. The largest absolute Gasteiger partial charge is 0.497 e. The zero-order valence-electron chi connectivity index (χ0n) is 18.3. The minimum atomic E-state index is -0.524. The van der Waals surface area contributed by atoms with E-state index in [0.717, 1.165) is 11.3 Å². The minimum absolute atomic E-state index is 0.000362. The number of ether oxygens (including phenoxy) is 2. The smallest absolute Gasteiger partial charge is 0.244 e. The third-order valence-corrected chi connectivity index (χ3v) is 4.84. The van der Waals surface area contributed by atoms with E-state index >= 15 is 0 Å². The van der Waals surface area contributed by atoms with E-state index in [0.29, 0.717) is 17.9 Å². The summed E-state index contributed by atoms with van der Waals surface area (Å²) >= 11 is 0. The van der Waals surface area contributed by atoms with Crippen LogP contribution in [0.2, 0.25) is 0 Å². The normalized spacial score (nSPS) is 12.0. The highest BCUT2D eigenvalue weighted by Gasteiger charge is 2.15. The van der Waals surface area contributed by atoms with Crippen LogP contribution in [0.4, 0.5) is 4.39 Å². The Labute approximate surface area is 187 Å². The number of hydrogen-bond acceptors (Lipinski definition) is 5. The molecular weight excluding hydrogens is 409 g/mol. The molecule has 32 heavy (non-hydrogen) atoms. The maximum Gasteiger partial charge on any atom is 0.244 e. The first-order valence-corrected chi connectivity index (χ1v) is 10.1. The number of nitrogens with zero attached hydrogens (tertiary/aromatic N) is 2. The molecule has 2 aromatic carbocycles. The Bertz CT molecular complexity index is 1050. The van der Waals surface area contributed by atoms with E-state index in [-0.39, 0.29) is 17.7 Å². The monoisotopic (exact) mass is 435 g/mol. The van der Waals surface area contributed by atoms with Gasteiger partial charge in [0.1, 0.15) is 11.5 Å². The Morgan fingerprint density at radius 2 is 1.94 bits per heavy atom. The Morgan fingerprint density at radius 3 is 2.56 bits per heavy atom. The van der Waals surface area contributed by atoms with Crippen molar-refractivity contribution in [2.75, 3.05) is 27.7 Å². The molecule has 6 nitrogen and oxygen atoms in total. The van der Waals surface area contributed by atoms with Gasteiger partial charge in [0, 0.05) is 18.8 Å². The van der Waals surface area contributed by atoms with E-state index in [1.807, 2.05) is 43.3 Å². The van der Waals surface area contributed by atoms with Crippen molar-refractivity contribution < 1.29 is 18.7 Å². The molecule has 1 unspecified atom stereocenters. The van der Waals surface area contributed by atoms with Crippen LogP contribution >= 0.6 is 0 Å². The highest BCUT2D eigenvalue weighted by atomic mass is 19.1. The molecule has 0 saturated carbocycles. The molecule has 1 heterocycles. The summed E-state index contributed by atoms with van der Waals surface area (Å²) in [4.78, 5) is 18.3. The van der Waals surface area contributed by atoms with Crippen LogP contribution in [0, 0.1) is 5.82 Å². The van der Waals surface area contributed by atoms with Gasteiger partial charge in [0.25, 0.3) is 0 Å². The van der Waals surface area contributed by atoms with Gasteiger partial charge < -0.3 is 19.7 Å². The van der Waals surface area contributed by atoms with Crippen molar-refractivity contribution in [3.8, 4) is 17.2 Å². The molecule has 1 aromatic heterocycles. The molecule has 0 radical (unpaired) electrons. The number of likely N-dealkylation sites (N-methyl/N-ethyl adjacent to an activating group) is 1. The summed E-state index contributed by atoms with van der Waals surface area (Å²) in [5.41, 5.74) is 1.61. The SMILES string of the molecule is COc1ccc(C(CNC(=O)/C=C/c2ccc(Oc3cccnc3)c(F)c2)N(C)C)cc1. The summed E-state index contributed by atoms with van der Waals surface area (Å²) in [7, 11) is 5.53. The van der Waals surface area contributed by atoms with Crippen LogP contribution in [0.5, 0.6) is 17.2 Å². The zero-order valence-corrected chi connectivity index (χ0v) is 18.3. The zero-order chi connectivity index (χ0) is 22.9. The molecule has 0 spiro atoms. The lowest BCUT2D eigenvalue weighted by molar-refractivity contribution is -0.116. The molecule has 7 heteroatoms. The molecule has 0 aliphatic carbocycles. The second kappa shape index (κ2) is 11.1. The molecule has 166 valence electrons. The number of rotatable bonds is 9. The van der Waals surface area contributed by atoms with E-state index < -0.39 is 5.82 Å². The highest BCUT2D eigenvalue weighted by molar-refractivity contribution is 5.91. The summed E-state index contributed by atoms with van der Waals surface area (Å²) < 4.78 is 25.0. The first kappa shape index (κ1) is 23.0. The summed E-state index contributed by atoms with van der Waals surface area (Å²) in [5.74, 6) is 0.529. The fraction of sp³-hybridized carbons (Fsp3) is 0.200. The second-order valence-electron chi connectivity index (χ2n) is 7.31. The standard InChI is InChI=1S/C25H26FN3O3/c1-29(2)23(19-8-10-20(31-3)11-9-19)17-28-25(30)13-7-18-6-12-24(22(26)15-18)32-21-5-4-14-27-16-21/h4-16,23H,17H2,1-3H3,(H,28,30)/b13-7+. The predicted octanol–water partition coefficient (Wildman–Crippen LogP) is 4.45. The van der Waals surface area contributed by atoms with E-state index in [4.69, 9.17) is 9.47 Å². The first-order chi connectivity index (χ1) is 15.5. The predicted molar refractivity (Wildman–Crippen MR) is 122 cm³/mol. The molecule has 1 amide bonds. The quantitative estimate of drug-likeness (QED) is 0.503. The lowest BCUT2D eigenvalue weighted by Crippen LogP contribution is -2.33. The van der Waals surface area contributed by atoms with Gasteiger partial charge in [0.2, 0.25) is 5.91 Å². The molecule has 0 saturated heterocycles. The molecule has 0 bridgehead atoms. The maximum atomic E-state index is 14.4. The van der Waals surface area contributed by atoms with Crippen molar-refractivity contribution in [1.29, 1.82) is 0 Å². The van der Waals surface area contributed by atoms with Crippen LogP contribution in [0.25, 0.3) is 6.08 Å². The van der Waals surface area contributed by atoms with Crippen LogP contribution in [0.1, 0.15) is 17.2 Å². The van der Waals surface area contributed by atoms with Crippen LogP contribution in [0.3, 0.4) is 0 Å². The first-order valence-electron chi connectivity index (χ1n) is 10.1. The number of carbonyl (C=O) groups excluding carboxylic acids is 1. The second-order valence-corrected chi connectivity index (χ2v) is 7.31. The molecule has 3 aromatic rings. The van der Waals surface area contributed by atoms with Crippen molar-refractivity contribution in [2.24, 2.45) is 0 Å². The molecular formula is C25H26FN3O3. The Kier molecular flexibility index (Phi) is 7.94. The van der Waals surface area contributed by atoms with Gasteiger partial charge in [0.05, 0.1) is 19.3 Å². The number of hydrogen-bond donors (Lipinski definition) is 1. The van der Waals surface area contributed by atoms with Crippen molar-refractivity contribution in [1.82, 2.24) is 15.2 Å². The van der Waals surface area contributed by atoms with Gasteiger partial charge in [-0.1, -0.05) is 18.2 Å². The summed E-state index contributed by atoms with van der Waals surface area (Å²) in [6.45, 7) is 0.425. The number of benzene rings is 2. The Morgan fingerprint density at radius 1 is 1.16 bits per heavy atom.